The molecule has 0 unspecified atom stereocenters. The number of aliphatic hydroxyl groups is 1. The molecule has 3 N–H and O–H groups in total. The van der Waals surface area contributed by atoms with Crippen LogP contribution in [-0.4, -0.2) is 34.3 Å². The molecule has 110 valence electrons. The molecule has 1 saturated carbocycles. The van der Waals surface area contributed by atoms with Crippen LogP contribution in [0.15, 0.2) is 18.2 Å². The highest BCUT2D eigenvalue weighted by Crippen LogP contribution is 2.39. The number of aromatic carboxylic acids is 1. The van der Waals surface area contributed by atoms with Gasteiger partial charge < -0.3 is 15.5 Å². The minimum atomic E-state index is -1.02. The van der Waals surface area contributed by atoms with E-state index in [1.165, 1.54) is 25.3 Å². The lowest BCUT2D eigenvalue weighted by molar-refractivity contribution is 0.0690. The number of carboxylic acid groups (broad SMARTS) is 1. The maximum atomic E-state index is 10.9. The maximum absolute atomic E-state index is 10.9. The molecule has 0 amide bonds. The number of pyridine rings is 1. The van der Waals surface area contributed by atoms with Crippen molar-refractivity contribution < 1.29 is 15.0 Å². The van der Waals surface area contributed by atoms with Crippen molar-refractivity contribution in [3.63, 3.8) is 0 Å². The maximum Gasteiger partial charge on any atom is 0.354 e. The van der Waals surface area contributed by atoms with Crippen LogP contribution in [0.4, 0.5) is 5.82 Å². The van der Waals surface area contributed by atoms with Crippen molar-refractivity contribution >= 4 is 11.8 Å². The topological polar surface area (TPSA) is 82.5 Å². The van der Waals surface area contributed by atoms with Gasteiger partial charge in [0.15, 0.2) is 5.69 Å². The summed E-state index contributed by atoms with van der Waals surface area (Å²) in [6.45, 7) is 0.938. The number of hydrogen-bond donors (Lipinski definition) is 3. The van der Waals surface area contributed by atoms with Crippen LogP contribution in [0, 0.1) is 5.41 Å². The van der Waals surface area contributed by atoms with Gasteiger partial charge in [0.2, 0.25) is 0 Å². The molecule has 1 aromatic rings. The summed E-state index contributed by atoms with van der Waals surface area (Å²) in [5.41, 5.74) is 0.170. The number of carbonyl (C=O) groups is 1. The third-order valence-corrected chi connectivity index (χ3v) is 4.17. The Morgan fingerprint density at radius 1 is 1.30 bits per heavy atom. The highest BCUT2D eigenvalue weighted by molar-refractivity contribution is 5.85. The average molecular weight is 278 g/mol. The fourth-order valence-corrected chi connectivity index (χ4v) is 2.98. The predicted octanol–water partition coefficient (Wildman–Crippen LogP) is 2.52. The average Bonchev–Trinajstić information content (AvgIpc) is 2.47. The van der Waals surface area contributed by atoms with Crippen LogP contribution in [0.25, 0.3) is 0 Å². The molecule has 0 saturated heterocycles. The van der Waals surface area contributed by atoms with Gasteiger partial charge >= 0.3 is 5.97 Å². The number of nitrogens with one attached hydrogen (secondary N) is 1. The summed E-state index contributed by atoms with van der Waals surface area (Å²) < 4.78 is 0. The van der Waals surface area contributed by atoms with Crippen molar-refractivity contribution in [2.75, 3.05) is 18.5 Å². The van der Waals surface area contributed by atoms with E-state index >= 15 is 0 Å². The zero-order valence-corrected chi connectivity index (χ0v) is 11.6. The third kappa shape index (κ3) is 3.70. The van der Waals surface area contributed by atoms with Crippen molar-refractivity contribution in [1.82, 2.24) is 4.98 Å². The molecule has 0 radical (unpaired) electrons. The van der Waals surface area contributed by atoms with Gasteiger partial charge in [-0.05, 0) is 36.8 Å². The van der Waals surface area contributed by atoms with Crippen LogP contribution >= 0.6 is 0 Å². The van der Waals surface area contributed by atoms with E-state index in [9.17, 15) is 9.90 Å². The van der Waals surface area contributed by atoms with E-state index in [1.54, 1.807) is 12.1 Å². The molecule has 1 aliphatic rings. The third-order valence-electron chi connectivity index (χ3n) is 4.17. The minimum Gasteiger partial charge on any atom is -0.477 e. The zero-order valence-electron chi connectivity index (χ0n) is 11.6. The van der Waals surface area contributed by atoms with E-state index in [4.69, 9.17) is 5.11 Å². The van der Waals surface area contributed by atoms with E-state index in [-0.39, 0.29) is 17.7 Å². The molecule has 1 aliphatic carbocycles. The summed E-state index contributed by atoms with van der Waals surface area (Å²) in [5.74, 6) is -0.427. The van der Waals surface area contributed by atoms with Crippen molar-refractivity contribution in [2.24, 2.45) is 5.41 Å². The van der Waals surface area contributed by atoms with Crippen LogP contribution in [0.3, 0.4) is 0 Å². The van der Waals surface area contributed by atoms with Gasteiger partial charge in [-0.2, -0.15) is 0 Å². The van der Waals surface area contributed by atoms with Crippen molar-refractivity contribution in [3.05, 3.63) is 23.9 Å². The van der Waals surface area contributed by atoms with E-state index in [0.29, 0.717) is 5.82 Å². The van der Waals surface area contributed by atoms with Crippen LogP contribution in [0.1, 0.15) is 49.0 Å². The van der Waals surface area contributed by atoms with Crippen LogP contribution in [-0.2, 0) is 0 Å². The Balaban J connectivity index is 2.01. The first-order valence-corrected chi connectivity index (χ1v) is 7.20. The zero-order chi connectivity index (χ0) is 14.4. The summed E-state index contributed by atoms with van der Waals surface area (Å²) >= 11 is 0. The Kier molecular flexibility index (Phi) is 4.95. The van der Waals surface area contributed by atoms with E-state index in [0.717, 1.165) is 25.8 Å². The lowest BCUT2D eigenvalue weighted by atomic mass is 9.72. The van der Waals surface area contributed by atoms with Gasteiger partial charge in [-0.25, -0.2) is 9.78 Å². The summed E-state index contributed by atoms with van der Waals surface area (Å²) in [6.07, 6.45) is 6.67. The Labute approximate surface area is 119 Å². The van der Waals surface area contributed by atoms with Gasteiger partial charge in [-0.15, -0.1) is 0 Å². The Hall–Kier alpha value is -1.62. The fourth-order valence-electron chi connectivity index (χ4n) is 2.98. The van der Waals surface area contributed by atoms with Gasteiger partial charge in [0.25, 0.3) is 0 Å². The van der Waals surface area contributed by atoms with Gasteiger partial charge in [-0.3, -0.25) is 0 Å². The Bertz CT molecular complexity index is 451. The van der Waals surface area contributed by atoms with Gasteiger partial charge in [0.1, 0.15) is 5.82 Å². The molecule has 1 fully saturated rings. The number of hydrogen-bond acceptors (Lipinski definition) is 4. The molecule has 0 bridgehead atoms. The van der Waals surface area contributed by atoms with Gasteiger partial charge in [-0.1, -0.05) is 25.3 Å². The molecule has 0 spiro atoms. The van der Waals surface area contributed by atoms with Crippen molar-refractivity contribution in [2.45, 2.75) is 38.5 Å². The second kappa shape index (κ2) is 6.70. The van der Waals surface area contributed by atoms with Crippen LogP contribution in [0.2, 0.25) is 0 Å². The number of nitrogens with zero attached hydrogens (tertiary/aromatic N) is 1. The van der Waals surface area contributed by atoms with Gasteiger partial charge in [0, 0.05) is 13.2 Å². The number of anilines is 1. The molecule has 1 aromatic heterocycles. The lowest BCUT2D eigenvalue weighted by Crippen LogP contribution is -2.33. The molecule has 0 atom stereocenters. The predicted molar refractivity (Wildman–Crippen MR) is 76.9 cm³/mol. The highest BCUT2D eigenvalue weighted by atomic mass is 16.4. The second-order valence-electron chi connectivity index (χ2n) is 5.60. The lowest BCUT2D eigenvalue weighted by Gasteiger charge is -2.37. The number of carboxylic acids is 1. The summed E-state index contributed by atoms with van der Waals surface area (Å²) in [7, 11) is 0. The summed E-state index contributed by atoms with van der Waals surface area (Å²) in [4.78, 5) is 15.0. The van der Waals surface area contributed by atoms with Gasteiger partial charge in [0.05, 0.1) is 0 Å². The molecule has 1 heterocycles. The monoisotopic (exact) mass is 278 g/mol. The van der Waals surface area contributed by atoms with Crippen LogP contribution in [0.5, 0.6) is 0 Å². The quantitative estimate of drug-likeness (QED) is 0.745. The number of rotatable bonds is 6. The Morgan fingerprint density at radius 2 is 2.05 bits per heavy atom. The minimum absolute atomic E-state index is 0.0508. The fraction of sp³-hybridized carbons (Fsp3) is 0.600. The molecule has 5 heteroatoms. The van der Waals surface area contributed by atoms with Crippen LogP contribution < -0.4 is 5.32 Å². The highest BCUT2D eigenvalue weighted by Gasteiger charge is 2.31. The molecule has 0 aliphatic heterocycles. The van der Waals surface area contributed by atoms with E-state index in [1.807, 2.05) is 0 Å². The summed E-state index contributed by atoms with van der Waals surface area (Å²) in [5, 5.41) is 21.5. The normalized spacial score (nSPS) is 17.6. The van der Waals surface area contributed by atoms with E-state index < -0.39 is 5.97 Å². The smallest absolute Gasteiger partial charge is 0.354 e. The first-order chi connectivity index (χ1) is 9.65. The first kappa shape index (κ1) is 14.8. The standard InChI is InChI=1S/C15H22N2O3/c18-10-9-15(7-2-1-3-8-15)11-16-13-6-4-5-12(17-13)14(19)20/h4-6,18H,1-3,7-11H2,(H,16,17)(H,19,20). The molecular formula is C15H22N2O3. The van der Waals surface area contributed by atoms with E-state index in [2.05, 4.69) is 10.3 Å². The number of aromatic nitrogens is 1. The molecule has 0 aromatic carbocycles. The molecule has 20 heavy (non-hydrogen) atoms. The summed E-state index contributed by atoms with van der Waals surface area (Å²) in [6, 6.07) is 4.96. The molecule has 2 rings (SSSR count). The molecule has 5 nitrogen and oxygen atoms in total. The first-order valence-electron chi connectivity index (χ1n) is 7.20. The number of aliphatic hydroxyl groups excluding tert-OH is 1. The van der Waals surface area contributed by atoms with Crippen molar-refractivity contribution in [3.8, 4) is 0 Å². The van der Waals surface area contributed by atoms with Crippen molar-refractivity contribution in [1.29, 1.82) is 0 Å². The largest absolute Gasteiger partial charge is 0.477 e. The second-order valence-corrected chi connectivity index (χ2v) is 5.60. The Morgan fingerprint density at radius 3 is 2.70 bits per heavy atom. The SMILES string of the molecule is O=C(O)c1cccc(NCC2(CCO)CCCCC2)n1. The molecular weight excluding hydrogens is 256 g/mol.